The minimum Gasteiger partial charge on any atom is -0.497 e. The molecule has 3 aromatic carbocycles. The van der Waals surface area contributed by atoms with E-state index in [9.17, 15) is 0 Å². The number of hydrogen-bond donors (Lipinski definition) is 1. The Bertz CT molecular complexity index is 943. The molecule has 150 valence electrons. The van der Waals surface area contributed by atoms with E-state index in [-0.39, 0.29) is 0 Å². The minimum atomic E-state index is 0.590. The van der Waals surface area contributed by atoms with Crippen LogP contribution in [0.1, 0.15) is 16.7 Å². The molecule has 0 amide bonds. The zero-order valence-corrected chi connectivity index (χ0v) is 17.8. The summed E-state index contributed by atoms with van der Waals surface area (Å²) < 4.78 is 11.0. The van der Waals surface area contributed by atoms with Gasteiger partial charge >= 0.3 is 0 Å². The molecule has 0 bridgehead atoms. The summed E-state index contributed by atoms with van der Waals surface area (Å²) in [6.07, 6.45) is 0. The summed E-state index contributed by atoms with van der Waals surface area (Å²) in [4.78, 5) is 2.13. The molecule has 29 heavy (non-hydrogen) atoms. The van der Waals surface area contributed by atoms with Crippen molar-refractivity contribution in [3.05, 3.63) is 89.5 Å². The molecule has 0 fully saturated rings. The Morgan fingerprint density at radius 3 is 2.28 bits per heavy atom. The average Bonchev–Trinajstić information content (AvgIpc) is 2.75. The molecule has 5 heteroatoms. The third-order valence-corrected chi connectivity index (χ3v) is 5.02. The molecule has 4 nitrogen and oxygen atoms in total. The molecule has 0 aromatic heterocycles. The van der Waals surface area contributed by atoms with E-state index in [1.165, 1.54) is 11.1 Å². The van der Waals surface area contributed by atoms with E-state index in [0.717, 1.165) is 22.7 Å². The number of aryl methyl sites for hydroxylation is 1. The van der Waals surface area contributed by atoms with Crippen LogP contribution in [0, 0.1) is 6.92 Å². The number of thiocarbonyl (C=S) groups is 1. The van der Waals surface area contributed by atoms with Crippen molar-refractivity contribution in [3.63, 3.8) is 0 Å². The van der Waals surface area contributed by atoms with Gasteiger partial charge < -0.3 is 19.7 Å². The Hall–Kier alpha value is -3.05. The SMILES string of the molecule is COc1ccc(OC)c(CN(Cc2ccccc2)C(=S)Nc2ccc(C)cc2)c1. The van der Waals surface area contributed by atoms with Gasteiger partial charge in [0.05, 0.1) is 14.2 Å². The molecule has 0 unspecified atom stereocenters. The van der Waals surface area contributed by atoms with Crippen molar-refractivity contribution in [3.8, 4) is 11.5 Å². The third kappa shape index (κ3) is 5.72. The smallest absolute Gasteiger partial charge is 0.174 e. The highest BCUT2D eigenvalue weighted by Gasteiger charge is 2.15. The van der Waals surface area contributed by atoms with Crippen molar-refractivity contribution in [1.29, 1.82) is 0 Å². The molecule has 0 radical (unpaired) electrons. The lowest BCUT2D eigenvalue weighted by atomic mass is 10.1. The number of ether oxygens (including phenoxy) is 2. The van der Waals surface area contributed by atoms with Crippen molar-refractivity contribution in [2.45, 2.75) is 20.0 Å². The van der Waals surface area contributed by atoms with Crippen LogP contribution >= 0.6 is 12.2 Å². The summed E-state index contributed by atoms with van der Waals surface area (Å²) in [5, 5.41) is 4.02. The van der Waals surface area contributed by atoms with Gasteiger partial charge in [-0.15, -0.1) is 0 Å². The zero-order chi connectivity index (χ0) is 20.6. The molecule has 0 saturated heterocycles. The van der Waals surface area contributed by atoms with Gasteiger partial charge in [0.2, 0.25) is 0 Å². The molecule has 0 atom stereocenters. The number of anilines is 1. The normalized spacial score (nSPS) is 10.3. The van der Waals surface area contributed by atoms with Gasteiger partial charge in [0.1, 0.15) is 11.5 Å². The Morgan fingerprint density at radius 1 is 0.897 bits per heavy atom. The van der Waals surface area contributed by atoms with Crippen LogP contribution < -0.4 is 14.8 Å². The second-order valence-electron chi connectivity index (χ2n) is 6.82. The maximum absolute atomic E-state index is 5.77. The fourth-order valence-corrected chi connectivity index (χ4v) is 3.30. The quantitative estimate of drug-likeness (QED) is 0.531. The molecule has 0 saturated carbocycles. The Labute approximate surface area is 178 Å². The number of nitrogens with one attached hydrogen (secondary N) is 1. The number of methoxy groups -OCH3 is 2. The molecule has 1 N–H and O–H groups in total. The molecular weight excluding hydrogens is 380 g/mol. The maximum Gasteiger partial charge on any atom is 0.174 e. The van der Waals surface area contributed by atoms with Gasteiger partial charge in [0, 0.05) is 24.3 Å². The minimum absolute atomic E-state index is 0.590. The van der Waals surface area contributed by atoms with E-state index < -0.39 is 0 Å². The van der Waals surface area contributed by atoms with E-state index in [0.29, 0.717) is 18.2 Å². The Kier molecular flexibility index (Phi) is 7.09. The van der Waals surface area contributed by atoms with Gasteiger partial charge in [-0.25, -0.2) is 0 Å². The first-order valence-electron chi connectivity index (χ1n) is 9.46. The standard InChI is InChI=1S/C24H26N2O2S/c1-18-9-11-21(12-10-18)25-24(29)26(16-19-7-5-4-6-8-19)17-20-15-22(27-2)13-14-23(20)28-3/h4-15H,16-17H2,1-3H3,(H,25,29). The van der Waals surface area contributed by atoms with E-state index in [2.05, 4.69) is 41.4 Å². The number of nitrogens with zero attached hydrogens (tertiary/aromatic N) is 1. The summed E-state index contributed by atoms with van der Waals surface area (Å²) >= 11 is 5.77. The van der Waals surface area contributed by atoms with Crippen molar-refractivity contribution in [2.24, 2.45) is 0 Å². The Balaban J connectivity index is 1.86. The van der Waals surface area contributed by atoms with Gasteiger partial charge in [-0.2, -0.15) is 0 Å². The van der Waals surface area contributed by atoms with E-state index in [4.69, 9.17) is 21.7 Å². The molecule has 0 spiro atoms. The average molecular weight is 407 g/mol. The highest BCUT2D eigenvalue weighted by Crippen LogP contribution is 2.26. The lowest BCUT2D eigenvalue weighted by molar-refractivity contribution is 0.372. The topological polar surface area (TPSA) is 33.7 Å². The van der Waals surface area contributed by atoms with Crippen LogP contribution in [0.15, 0.2) is 72.8 Å². The third-order valence-electron chi connectivity index (χ3n) is 4.66. The molecular formula is C24H26N2O2S. The summed E-state index contributed by atoms with van der Waals surface area (Å²) in [6, 6.07) is 24.3. The summed E-state index contributed by atoms with van der Waals surface area (Å²) in [6.45, 7) is 3.34. The van der Waals surface area contributed by atoms with Crippen LogP contribution in [0.25, 0.3) is 0 Å². The highest BCUT2D eigenvalue weighted by atomic mass is 32.1. The number of benzene rings is 3. The zero-order valence-electron chi connectivity index (χ0n) is 17.0. The highest BCUT2D eigenvalue weighted by molar-refractivity contribution is 7.80. The van der Waals surface area contributed by atoms with E-state index in [1.54, 1.807) is 14.2 Å². The van der Waals surface area contributed by atoms with Crippen LogP contribution in [0.2, 0.25) is 0 Å². The summed E-state index contributed by atoms with van der Waals surface area (Å²) in [5.41, 5.74) is 4.37. The van der Waals surface area contributed by atoms with Gasteiger partial charge in [-0.3, -0.25) is 0 Å². The van der Waals surface area contributed by atoms with Gasteiger partial charge in [0.25, 0.3) is 0 Å². The first-order chi connectivity index (χ1) is 14.1. The summed E-state index contributed by atoms with van der Waals surface area (Å²) in [7, 11) is 3.34. The second kappa shape index (κ2) is 9.94. The van der Waals surface area contributed by atoms with Gasteiger partial charge in [-0.1, -0.05) is 48.0 Å². The molecule has 0 heterocycles. The summed E-state index contributed by atoms with van der Waals surface area (Å²) in [5.74, 6) is 1.60. The van der Waals surface area contributed by atoms with Crippen LogP contribution in [0.5, 0.6) is 11.5 Å². The van der Waals surface area contributed by atoms with E-state index in [1.807, 2.05) is 48.5 Å². The van der Waals surface area contributed by atoms with Crippen LogP contribution in [0.4, 0.5) is 5.69 Å². The first-order valence-corrected chi connectivity index (χ1v) is 9.87. The Morgan fingerprint density at radius 2 is 1.62 bits per heavy atom. The lowest BCUT2D eigenvalue weighted by Crippen LogP contribution is -2.34. The number of rotatable bonds is 7. The van der Waals surface area contributed by atoms with Crippen molar-refractivity contribution >= 4 is 23.0 Å². The maximum atomic E-state index is 5.77. The fraction of sp³-hybridized carbons (Fsp3) is 0.208. The molecule has 0 aliphatic carbocycles. The van der Waals surface area contributed by atoms with Gasteiger partial charge in [0.15, 0.2) is 5.11 Å². The molecule has 3 rings (SSSR count). The van der Waals surface area contributed by atoms with Crippen molar-refractivity contribution < 1.29 is 9.47 Å². The van der Waals surface area contributed by atoms with Crippen LogP contribution in [-0.4, -0.2) is 24.2 Å². The molecule has 0 aliphatic heterocycles. The van der Waals surface area contributed by atoms with Crippen LogP contribution in [0.3, 0.4) is 0 Å². The predicted octanol–water partition coefficient (Wildman–Crippen LogP) is 5.41. The predicted molar refractivity (Wildman–Crippen MR) is 123 cm³/mol. The molecule has 3 aromatic rings. The van der Waals surface area contributed by atoms with Gasteiger partial charge in [-0.05, 0) is 55.0 Å². The first kappa shape index (κ1) is 20.7. The van der Waals surface area contributed by atoms with Crippen molar-refractivity contribution in [2.75, 3.05) is 19.5 Å². The molecule has 0 aliphatic rings. The van der Waals surface area contributed by atoms with Crippen molar-refractivity contribution in [1.82, 2.24) is 4.90 Å². The monoisotopic (exact) mass is 406 g/mol. The lowest BCUT2D eigenvalue weighted by Gasteiger charge is -2.27. The number of hydrogen-bond acceptors (Lipinski definition) is 3. The largest absolute Gasteiger partial charge is 0.497 e. The fourth-order valence-electron chi connectivity index (χ4n) is 3.05. The van der Waals surface area contributed by atoms with E-state index >= 15 is 0 Å². The second-order valence-corrected chi connectivity index (χ2v) is 7.20. The van der Waals surface area contributed by atoms with Crippen LogP contribution in [-0.2, 0) is 13.1 Å².